The normalized spacial score (nSPS) is 13.1. The van der Waals surface area contributed by atoms with Crippen LogP contribution in [0.25, 0.3) is 10.9 Å². The first-order chi connectivity index (χ1) is 9.11. The summed E-state index contributed by atoms with van der Waals surface area (Å²) in [7, 11) is 2.01. The number of hydrogen-bond donors (Lipinski definition) is 1. The molecule has 0 saturated carbocycles. The van der Waals surface area contributed by atoms with Crippen LogP contribution in [0, 0.1) is 5.92 Å². The topological polar surface area (TPSA) is 24.9 Å². The third kappa shape index (κ3) is 3.54. The fraction of sp³-hybridized carbons (Fsp3) is 0.438. The van der Waals surface area contributed by atoms with Crippen molar-refractivity contribution in [3.63, 3.8) is 0 Å². The van der Waals surface area contributed by atoms with E-state index in [0.717, 1.165) is 28.0 Å². The lowest BCUT2D eigenvalue weighted by Crippen LogP contribution is -2.19. The Balaban J connectivity index is 2.33. The van der Waals surface area contributed by atoms with E-state index in [9.17, 15) is 0 Å². The molecule has 1 unspecified atom stereocenters. The van der Waals surface area contributed by atoms with Gasteiger partial charge in [-0.25, -0.2) is 4.98 Å². The summed E-state index contributed by atoms with van der Waals surface area (Å²) in [5.41, 5.74) is 2.17. The molecule has 0 fully saturated rings. The van der Waals surface area contributed by atoms with Crippen LogP contribution in [0.15, 0.2) is 34.8 Å². The number of hydrogen-bond acceptors (Lipinski definition) is 2. The first kappa shape index (κ1) is 14.5. The van der Waals surface area contributed by atoms with E-state index < -0.39 is 0 Å². The van der Waals surface area contributed by atoms with Crippen LogP contribution < -0.4 is 5.32 Å². The number of halogens is 1. The van der Waals surface area contributed by atoms with Crippen LogP contribution in [0.5, 0.6) is 0 Å². The molecule has 0 aliphatic rings. The van der Waals surface area contributed by atoms with Crippen LogP contribution in [-0.2, 0) is 0 Å². The lowest BCUT2D eigenvalue weighted by atomic mass is 10.0. The number of rotatable bonds is 5. The molecule has 3 heteroatoms. The number of pyridine rings is 1. The number of para-hydroxylation sites is 1. The van der Waals surface area contributed by atoms with Crippen molar-refractivity contribution in [3.8, 4) is 0 Å². The fourth-order valence-electron chi connectivity index (χ4n) is 2.27. The van der Waals surface area contributed by atoms with Gasteiger partial charge in [-0.3, -0.25) is 0 Å². The van der Waals surface area contributed by atoms with Crippen molar-refractivity contribution in [2.75, 3.05) is 7.05 Å². The monoisotopic (exact) mass is 320 g/mol. The Hall–Kier alpha value is -0.930. The van der Waals surface area contributed by atoms with Crippen LogP contribution in [-0.4, -0.2) is 12.0 Å². The van der Waals surface area contributed by atoms with E-state index in [1.165, 1.54) is 11.8 Å². The smallest absolute Gasteiger partial charge is 0.0722 e. The van der Waals surface area contributed by atoms with E-state index in [4.69, 9.17) is 4.98 Å². The minimum atomic E-state index is 0.307. The van der Waals surface area contributed by atoms with E-state index in [-0.39, 0.29) is 0 Å². The molecule has 0 bridgehead atoms. The first-order valence-electron chi connectivity index (χ1n) is 6.84. The second-order valence-electron chi connectivity index (χ2n) is 5.36. The maximum atomic E-state index is 4.81. The molecule has 0 radical (unpaired) electrons. The van der Waals surface area contributed by atoms with Crippen LogP contribution in [0.3, 0.4) is 0 Å². The van der Waals surface area contributed by atoms with Crippen molar-refractivity contribution in [3.05, 3.63) is 40.5 Å². The lowest BCUT2D eigenvalue weighted by Gasteiger charge is -2.18. The van der Waals surface area contributed by atoms with Crippen molar-refractivity contribution in [2.24, 2.45) is 5.92 Å². The standard InChI is InChI=1S/C16H21BrN2/c1-11(2)8-9-15(18-3)16-13(17)10-12-6-4-5-7-14(12)19-16/h4-7,10-11,15,18H,8-9H2,1-3H3. The quantitative estimate of drug-likeness (QED) is 0.864. The molecule has 0 amide bonds. The highest BCUT2D eigenvalue weighted by Gasteiger charge is 2.15. The minimum Gasteiger partial charge on any atom is -0.312 e. The molecular formula is C16H21BrN2. The molecule has 1 N–H and O–H groups in total. The number of nitrogens with zero attached hydrogens (tertiary/aromatic N) is 1. The Labute approximate surface area is 123 Å². The molecule has 1 atom stereocenters. The zero-order chi connectivity index (χ0) is 13.8. The Morgan fingerprint density at radius 2 is 1.95 bits per heavy atom. The SMILES string of the molecule is CNC(CCC(C)C)c1nc2ccccc2cc1Br. The van der Waals surface area contributed by atoms with Gasteiger partial charge in [-0.15, -0.1) is 0 Å². The number of nitrogens with one attached hydrogen (secondary N) is 1. The second-order valence-corrected chi connectivity index (χ2v) is 6.21. The van der Waals surface area contributed by atoms with Crippen LogP contribution in [0.2, 0.25) is 0 Å². The second kappa shape index (κ2) is 6.49. The lowest BCUT2D eigenvalue weighted by molar-refractivity contribution is 0.457. The van der Waals surface area contributed by atoms with Crippen LogP contribution in [0.1, 0.15) is 38.4 Å². The summed E-state index contributed by atoms with van der Waals surface area (Å²) in [4.78, 5) is 4.81. The van der Waals surface area contributed by atoms with E-state index >= 15 is 0 Å². The molecular weight excluding hydrogens is 300 g/mol. The molecule has 0 spiro atoms. The zero-order valence-electron chi connectivity index (χ0n) is 11.8. The first-order valence-corrected chi connectivity index (χ1v) is 7.63. The Morgan fingerprint density at radius 1 is 1.21 bits per heavy atom. The Kier molecular flexibility index (Phi) is 4.94. The van der Waals surface area contributed by atoms with Crippen LogP contribution >= 0.6 is 15.9 Å². The fourth-order valence-corrected chi connectivity index (χ4v) is 2.88. The summed E-state index contributed by atoms with van der Waals surface area (Å²) < 4.78 is 1.09. The highest BCUT2D eigenvalue weighted by atomic mass is 79.9. The van der Waals surface area contributed by atoms with Gasteiger partial charge in [-0.05, 0) is 53.9 Å². The predicted molar refractivity (Wildman–Crippen MR) is 85.3 cm³/mol. The molecule has 0 aliphatic heterocycles. The van der Waals surface area contributed by atoms with E-state index in [1.807, 2.05) is 19.2 Å². The third-order valence-corrected chi connectivity index (χ3v) is 4.05. The Morgan fingerprint density at radius 3 is 2.63 bits per heavy atom. The molecule has 102 valence electrons. The van der Waals surface area contributed by atoms with Crippen LogP contribution in [0.4, 0.5) is 0 Å². The molecule has 19 heavy (non-hydrogen) atoms. The maximum absolute atomic E-state index is 4.81. The summed E-state index contributed by atoms with van der Waals surface area (Å²) in [6.45, 7) is 4.52. The van der Waals surface area contributed by atoms with Gasteiger partial charge in [0.1, 0.15) is 0 Å². The van der Waals surface area contributed by atoms with Gasteiger partial charge in [-0.1, -0.05) is 32.0 Å². The van der Waals surface area contributed by atoms with E-state index in [1.54, 1.807) is 0 Å². The van der Waals surface area contributed by atoms with Gasteiger partial charge in [-0.2, -0.15) is 0 Å². The average molecular weight is 321 g/mol. The van der Waals surface area contributed by atoms with E-state index in [2.05, 4.69) is 53.3 Å². The highest BCUT2D eigenvalue weighted by Crippen LogP contribution is 2.28. The molecule has 1 aromatic heterocycles. The summed E-state index contributed by atoms with van der Waals surface area (Å²) in [6, 6.07) is 10.7. The predicted octanol–water partition coefficient (Wildman–Crippen LogP) is 4.69. The highest BCUT2D eigenvalue weighted by molar-refractivity contribution is 9.10. The van der Waals surface area contributed by atoms with E-state index in [0.29, 0.717) is 6.04 Å². The summed E-state index contributed by atoms with van der Waals surface area (Å²) in [5, 5.41) is 4.56. The van der Waals surface area contributed by atoms with Gasteiger partial charge < -0.3 is 5.32 Å². The molecule has 1 heterocycles. The largest absolute Gasteiger partial charge is 0.312 e. The van der Waals surface area contributed by atoms with Gasteiger partial charge in [0.2, 0.25) is 0 Å². The Bertz CT molecular complexity index is 551. The minimum absolute atomic E-state index is 0.307. The maximum Gasteiger partial charge on any atom is 0.0722 e. The van der Waals surface area contributed by atoms with Gasteiger partial charge in [0.15, 0.2) is 0 Å². The number of benzene rings is 1. The summed E-state index contributed by atoms with van der Waals surface area (Å²) in [6.07, 6.45) is 2.31. The van der Waals surface area contributed by atoms with Crippen molar-refractivity contribution in [2.45, 2.75) is 32.7 Å². The van der Waals surface area contributed by atoms with Crippen molar-refractivity contribution < 1.29 is 0 Å². The van der Waals surface area contributed by atoms with Gasteiger partial charge in [0, 0.05) is 9.86 Å². The van der Waals surface area contributed by atoms with Gasteiger partial charge in [0.25, 0.3) is 0 Å². The van der Waals surface area contributed by atoms with Crippen molar-refractivity contribution >= 4 is 26.8 Å². The zero-order valence-corrected chi connectivity index (χ0v) is 13.4. The molecule has 2 nitrogen and oxygen atoms in total. The third-order valence-electron chi connectivity index (χ3n) is 3.42. The summed E-state index contributed by atoms with van der Waals surface area (Å²) >= 11 is 3.66. The van der Waals surface area contributed by atoms with Crippen molar-refractivity contribution in [1.82, 2.24) is 10.3 Å². The molecule has 1 aromatic carbocycles. The van der Waals surface area contributed by atoms with Gasteiger partial charge in [0.05, 0.1) is 17.3 Å². The molecule has 0 saturated heterocycles. The average Bonchev–Trinajstić information content (AvgIpc) is 2.39. The van der Waals surface area contributed by atoms with Gasteiger partial charge >= 0.3 is 0 Å². The molecule has 0 aliphatic carbocycles. The number of aromatic nitrogens is 1. The number of fused-ring (bicyclic) bond motifs is 1. The molecule has 2 rings (SSSR count). The summed E-state index contributed by atoms with van der Waals surface area (Å²) in [5.74, 6) is 0.718. The molecule has 2 aromatic rings. The van der Waals surface area contributed by atoms with Crippen molar-refractivity contribution in [1.29, 1.82) is 0 Å².